The summed E-state index contributed by atoms with van der Waals surface area (Å²) >= 11 is 5.96. The predicted octanol–water partition coefficient (Wildman–Crippen LogP) is 1.87. The highest BCUT2D eigenvalue weighted by Crippen LogP contribution is 2.38. The number of aromatic nitrogens is 4. The Balaban J connectivity index is 2.45. The molecule has 0 atom stereocenters. The molecule has 2 N–H and O–H groups in total. The van der Waals surface area contributed by atoms with E-state index < -0.39 is 38.8 Å². The van der Waals surface area contributed by atoms with Gasteiger partial charge in [0.15, 0.2) is 5.75 Å². The summed E-state index contributed by atoms with van der Waals surface area (Å²) in [6, 6.07) is 1.69. The quantitative estimate of drug-likeness (QED) is 0.718. The number of sulfonamides is 1. The van der Waals surface area contributed by atoms with Crippen molar-refractivity contribution in [2.24, 2.45) is 0 Å². The number of anilines is 2. The van der Waals surface area contributed by atoms with Crippen molar-refractivity contribution in [3.05, 3.63) is 22.7 Å². The first-order chi connectivity index (χ1) is 12.4. The van der Waals surface area contributed by atoms with Gasteiger partial charge in [-0.1, -0.05) is 16.7 Å². The number of carbonyl (C=O) groups excluding carboxylic acids is 1. The molecule has 0 aliphatic rings. The van der Waals surface area contributed by atoms with Gasteiger partial charge in [-0.05, 0) is 29.5 Å². The Morgan fingerprint density at radius 3 is 2.59 bits per heavy atom. The lowest BCUT2D eigenvalue weighted by molar-refractivity contribution is -0.274. The molecule has 2 rings (SSSR count). The lowest BCUT2D eigenvalue weighted by Crippen LogP contribution is -2.21. The van der Waals surface area contributed by atoms with Crippen LogP contribution >= 0.6 is 11.6 Å². The number of tetrazole rings is 1. The summed E-state index contributed by atoms with van der Waals surface area (Å²) in [6.45, 7) is 2.03. The van der Waals surface area contributed by atoms with Crippen LogP contribution in [0, 0.1) is 0 Å². The molecule has 0 radical (unpaired) electrons. The highest BCUT2D eigenvalue weighted by atomic mass is 35.5. The summed E-state index contributed by atoms with van der Waals surface area (Å²) < 4.78 is 67.3. The highest BCUT2D eigenvalue weighted by Gasteiger charge is 2.34. The van der Waals surface area contributed by atoms with Crippen molar-refractivity contribution in [1.82, 2.24) is 20.2 Å². The van der Waals surface area contributed by atoms with Gasteiger partial charge in [-0.3, -0.25) is 14.8 Å². The van der Waals surface area contributed by atoms with E-state index in [1.165, 1.54) is 4.68 Å². The maximum Gasteiger partial charge on any atom is 0.573 e. The molecule has 0 saturated heterocycles. The number of carbonyl (C=O) groups is 1. The second-order valence-corrected chi connectivity index (χ2v) is 7.12. The normalized spacial score (nSPS) is 11.9. The fraction of sp³-hybridized carbons (Fsp3) is 0.333. The van der Waals surface area contributed by atoms with Gasteiger partial charge < -0.3 is 4.74 Å². The Kier molecular flexibility index (Phi) is 5.79. The third-order valence-electron chi connectivity index (χ3n) is 2.92. The molecule has 1 amide bonds. The number of hydrogen-bond donors (Lipinski definition) is 2. The molecular weight excluding hydrogens is 417 g/mol. The Labute approximate surface area is 155 Å². The number of nitrogens with one attached hydrogen (secondary N) is 2. The van der Waals surface area contributed by atoms with Crippen LogP contribution < -0.4 is 14.8 Å². The van der Waals surface area contributed by atoms with E-state index in [1.807, 2.05) is 4.72 Å². The van der Waals surface area contributed by atoms with Crippen LogP contribution in [-0.2, 0) is 16.6 Å². The van der Waals surface area contributed by atoms with Gasteiger partial charge in [0.25, 0.3) is 5.91 Å². The number of amides is 1. The van der Waals surface area contributed by atoms with Gasteiger partial charge in [0.1, 0.15) is 5.69 Å². The SMILES string of the molecule is CCn1nnnc1NC(=O)c1ccc(OC(F)(F)F)c(NS(C)(=O)=O)c1Cl. The van der Waals surface area contributed by atoms with Crippen LogP contribution in [0.15, 0.2) is 12.1 Å². The number of hydrogen-bond acceptors (Lipinski definition) is 7. The Morgan fingerprint density at radius 2 is 2.04 bits per heavy atom. The summed E-state index contributed by atoms with van der Waals surface area (Å²) in [7, 11) is -4.03. The van der Waals surface area contributed by atoms with Crippen molar-refractivity contribution in [1.29, 1.82) is 0 Å². The average molecular weight is 429 g/mol. The largest absolute Gasteiger partial charge is 0.573 e. The summed E-state index contributed by atoms with van der Waals surface area (Å²) in [5, 5.41) is 12.2. The molecule has 0 unspecified atom stereocenters. The maximum absolute atomic E-state index is 12.5. The summed E-state index contributed by atoms with van der Waals surface area (Å²) in [4.78, 5) is 12.4. The van der Waals surface area contributed by atoms with Crippen molar-refractivity contribution in [3.63, 3.8) is 0 Å². The van der Waals surface area contributed by atoms with E-state index in [0.717, 1.165) is 12.1 Å². The van der Waals surface area contributed by atoms with Gasteiger partial charge in [0, 0.05) is 6.54 Å². The second-order valence-electron chi connectivity index (χ2n) is 4.99. The summed E-state index contributed by atoms with van der Waals surface area (Å²) in [5.41, 5.74) is -1.07. The molecule has 2 aromatic rings. The van der Waals surface area contributed by atoms with Crippen molar-refractivity contribution >= 4 is 39.2 Å². The monoisotopic (exact) mass is 428 g/mol. The number of aryl methyl sites for hydroxylation is 1. The Morgan fingerprint density at radius 1 is 1.37 bits per heavy atom. The second kappa shape index (κ2) is 7.56. The van der Waals surface area contributed by atoms with E-state index in [2.05, 4.69) is 25.6 Å². The van der Waals surface area contributed by atoms with Crippen molar-refractivity contribution in [2.45, 2.75) is 19.8 Å². The third-order valence-corrected chi connectivity index (χ3v) is 3.89. The standard InChI is InChI=1S/C12H12ClF3N6O4S/c1-3-22-11(18-20-21-22)17-10(23)6-4-5-7(26-12(14,15)16)9(8(6)13)19-27(2,24)25/h4-5,19H,3H2,1-2H3,(H,17,18,21,23). The highest BCUT2D eigenvalue weighted by molar-refractivity contribution is 7.92. The number of rotatable bonds is 6. The van der Waals surface area contributed by atoms with Crippen molar-refractivity contribution < 1.29 is 31.1 Å². The van der Waals surface area contributed by atoms with E-state index in [4.69, 9.17) is 11.6 Å². The predicted molar refractivity (Wildman–Crippen MR) is 88.0 cm³/mol. The molecule has 10 nitrogen and oxygen atoms in total. The van der Waals surface area contributed by atoms with Gasteiger partial charge in [0.2, 0.25) is 16.0 Å². The smallest absolute Gasteiger partial charge is 0.403 e. The van der Waals surface area contributed by atoms with Crippen molar-refractivity contribution in [3.8, 4) is 5.75 Å². The number of benzene rings is 1. The van der Waals surface area contributed by atoms with E-state index in [9.17, 15) is 26.4 Å². The van der Waals surface area contributed by atoms with Crippen LogP contribution in [0.1, 0.15) is 17.3 Å². The zero-order chi connectivity index (χ0) is 20.4. The molecule has 148 valence electrons. The Hall–Kier alpha value is -2.61. The number of alkyl halides is 3. The molecule has 1 aromatic heterocycles. The van der Waals surface area contributed by atoms with Crippen LogP contribution in [0.25, 0.3) is 0 Å². The van der Waals surface area contributed by atoms with Crippen LogP contribution in [-0.4, -0.2) is 47.2 Å². The van der Waals surface area contributed by atoms with E-state index in [-0.39, 0.29) is 11.5 Å². The molecule has 15 heteroatoms. The molecule has 27 heavy (non-hydrogen) atoms. The topological polar surface area (TPSA) is 128 Å². The molecule has 0 fully saturated rings. The van der Waals surface area contributed by atoms with Gasteiger partial charge in [-0.25, -0.2) is 13.1 Å². The lowest BCUT2D eigenvalue weighted by atomic mass is 10.1. The molecule has 0 aliphatic carbocycles. The maximum atomic E-state index is 12.5. The number of halogens is 4. The minimum atomic E-state index is -5.11. The molecule has 0 bridgehead atoms. The first kappa shape index (κ1) is 20.7. The minimum absolute atomic E-state index is 0.0354. The van der Waals surface area contributed by atoms with Crippen LogP contribution in [0.4, 0.5) is 24.8 Å². The molecular formula is C12H12ClF3N6O4S. The van der Waals surface area contributed by atoms with E-state index in [0.29, 0.717) is 12.8 Å². The van der Waals surface area contributed by atoms with Crippen LogP contribution in [0.3, 0.4) is 0 Å². The molecule has 1 aromatic carbocycles. The number of ether oxygens (including phenoxy) is 1. The molecule has 0 aliphatic heterocycles. The third kappa shape index (κ3) is 5.43. The first-order valence-corrected chi connectivity index (χ1v) is 9.31. The van der Waals surface area contributed by atoms with Gasteiger partial charge in [-0.15, -0.1) is 13.2 Å². The Bertz CT molecular complexity index is 963. The molecule has 1 heterocycles. The zero-order valence-corrected chi connectivity index (χ0v) is 15.3. The van der Waals surface area contributed by atoms with Gasteiger partial charge >= 0.3 is 6.36 Å². The van der Waals surface area contributed by atoms with Gasteiger partial charge in [-0.2, -0.15) is 0 Å². The molecule has 0 spiro atoms. The van der Waals surface area contributed by atoms with Crippen LogP contribution in [0.5, 0.6) is 5.75 Å². The fourth-order valence-electron chi connectivity index (χ4n) is 1.90. The molecule has 0 saturated carbocycles. The zero-order valence-electron chi connectivity index (χ0n) is 13.7. The van der Waals surface area contributed by atoms with Crippen LogP contribution in [0.2, 0.25) is 5.02 Å². The lowest BCUT2D eigenvalue weighted by Gasteiger charge is -2.17. The first-order valence-electron chi connectivity index (χ1n) is 7.05. The number of nitrogens with zero attached hydrogens (tertiary/aromatic N) is 4. The summed E-state index contributed by atoms with van der Waals surface area (Å²) in [5.74, 6) is -1.83. The van der Waals surface area contributed by atoms with E-state index in [1.54, 1.807) is 6.92 Å². The average Bonchev–Trinajstić information content (AvgIpc) is 2.95. The van der Waals surface area contributed by atoms with Crippen molar-refractivity contribution in [2.75, 3.05) is 16.3 Å². The van der Waals surface area contributed by atoms with E-state index >= 15 is 0 Å². The summed E-state index contributed by atoms with van der Waals surface area (Å²) in [6.07, 6.45) is -4.41. The minimum Gasteiger partial charge on any atom is -0.403 e. The fourth-order valence-corrected chi connectivity index (χ4v) is 2.82. The van der Waals surface area contributed by atoms with Gasteiger partial charge in [0.05, 0.1) is 16.8 Å².